The lowest BCUT2D eigenvalue weighted by molar-refractivity contribution is 0.359. The van der Waals surface area contributed by atoms with Crippen LogP contribution in [0.1, 0.15) is 0 Å². The van der Waals surface area contributed by atoms with Crippen LogP contribution in [0.25, 0.3) is 0 Å². The van der Waals surface area contributed by atoms with Gasteiger partial charge in [-0.25, -0.2) is 4.98 Å². The van der Waals surface area contributed by atoms with E-state index in [1.807, 2.05) is 0 Å². The van der Waals surface area contributed by atoms with Crippen molar-refractivity contribution in [1.29, 1.82) is 0 Å². The molecule has 0 fully saturated rings. The third-order valence-electron chi connectivity index (χ3n) is 0.449. The number of nitrogens with zero attached hydrogens (tertiary/aromatic N) is 1. The van der Waals surface area contributed by atoms with E-state index < -0.39 is 6.01 Å². The Labute approximate surface area is 43.9 Å². The van der Waals surface area contributed by atoms with E-state index in [4.69, 9.17) is 11.6 Å². The third kappa shape index (κ3) is 0.899. The van der Waals surface area contributed by atoms with Gasteiger partial charge >= 0.3 is 0 Å². The molecule has 1 aromatic rings. The van der Waals surface area contributed by atoms with Gasteiger partial charge in [0.1, 0.15) is 6.20 Å². The second-order valence-electron chi connectivity index (χ2n) is 0.917. The monoisotopic (exact) mass is 121 g/mol. The maximum atomic E-state index is 11.6. The van der Waals surface area contributed by atoms with Gasteiger partial charge in [0.2, 0.25) is 0 Å². The third-order valence-corrected chi connectivity index (χ3v) is 0.624. The molecule has 1 heterocycles. The minimum Gasteiger partial charge on any atom is -0.401 e. The van der Waals surface area contributed by atoms with Gasteiger partial charge in [-0.05, 0) is 11.6 Å². The number of rotatable bonds is 0. The maximum Gasteiger partial charge on any atom is 0.298 e. The number of oxazole rings is 1. The van der Waals surface area contributed by atoms with E-state index in [1.165, 1.54) is 0 Å². The highest BCUT2D eigenvalue weighted by Gasteiger charge is 1.94. The van der Waals surface area contributed by atoms with Gasteiger partial charge in [-0.15, -0.1) is 0 Å². The van der Waals surface area contributed by atoms with Crippen LogP contribution in [0.15, 0.2) is 10.6 Å². The van der Waals surface area contributed by atoms with Crippen LogP contribution >= 0.6 is 11.6 Å². The summed E-state index contributed by atoms with van der Waals surface area (Å²) in [5.41, 5.74) is 0. The molecule has 0 aliphatic carbocycles. The van der Waals surface area contributed by atoms with Gasteiger partial charge in [-0.3, -0.25) is 0 Å². The lowest BCUT2D eigenvalue weighted by atomic mass is 11.0. The molecule has 0 amide bonds. The van der Waals surface area contributed by atoms with E-state index in [0.717, 1.165) is 6.20 Å². The van der Waals surface area contributed by atoms with Crippen LogP contribution in [0.5, 0.6) is 0 Å². The van der Waals surface area contributed by atoms with Crippen molar-refractivity contribution >= 4 is 11.6 Å². The highest BCUT2D eigenvalue weighted by Crippen LogP contribution is 2.05. The summed E-state index contributed by atoms with van der Waals surface area (Å²) in [4.78, 5) is 3.24. The Hall–Kier alpha value is -0.570. The number of aromatic nitrogens is 1. The second-order valence-corrected chi connectivity index (χ2v) is 1.24. The van der Waals surface area contributed by atoms with Crippen LogP contribution in [0.4, 0.5) is 4.39 Å². The number of hydrogen-bond donors (Lipinski definition) is 0. The minimum absolute atomic E-state index is 0.169. The summed E-state index contributed by atoms with van der Waals surface area (Å²) < 4.78 is 15.7. The fourth-order valence-corrected chi connectivity index (χ4v) is 0.357. The molecular weight excluding hydrogens is 120 g/mol. The first-order chi connectivity index (χ1) is 3.29. The van der Waals surface area contributed by atoms with Crippen molar-refractivity contribution in [3.63, 3.8) is 0 Å². The predicted molar refractivity (Wildman–Crippen MR) is 21.5 cm³/mol. The number of halogens is 2. The Morgan fingerprint density at radius 3 is 2.71 bits per heavy atom. The van der Waals surface area contributed by atoms with E-state index in [1.54, 1.807) is 0 Å². The minimum atomic E-state index is -0.759. The molecule has 0 aliphatic rings. The summed E-state index contributed by atoms with van der Waals surface area (Å²) in [6.45, 7) is 0. The first-order valence-corrected chi connectivity index (χ1v) is 1.93. The van der Waals surface area contributed by atoms with E-state index in [2.05, 4.69) is 9.40 Å². The molecule has 0 aliphatic heterocycles. The highest BCUT2D eigenvalue weighted by molar-refractivity contribution is 6.27. The Morgan fingerprint density at radius 1 is 1.86 bits per heavy atom. The average Bonchev–Trinajstić information content (AvgIpc) is 1.87. The standard InChI is InChI=1S/C3HClFNO/c4-3-6-1-2(5)7-3/h1H. The second kappa shape index (κ2) is 1.50. The van der Waals surface area contributed by atoms with Gasteiger partial charge < -0.3 is 4.42 Å². The highest BCUT2D eigenvalue weighted by atomic mass is 35.5. The molecule has 0 saturated heterocycles. The fraction of sp³-hybridized carbons (Fsp3) is 0. The number of hydrogen-bond acceptors (Lipinski definition) is 2. The summed E-state index contributed by atoms with van der Waals surface area (Å²) in [5.74, 6) is 0. The van der Waals surface area contributed by atoms with Gasteiger partial charge in [0, 0.05) is 0 Å². The van der Waals surface area contributed by atoms with E-state index >= 15 is 0 Å². The largest absolute Gasteiger partial charge is 0.401 e. The van der Waals surface area contributed by atoms with Crippen LogP contribution in [0, 0.1) is 6.01 Å². The Balaban J connectivity index is 3.04. The van der Waals surface area contributed by atoms with E-state index in [-0.39, 0.29) is 5.35 Å². The average molecular weight is 121 g/mol. The van der Waals surface area contributed by atoms with Crippen molar-refractivity contribution in [1.82, 2.24) is 4.98 Å². The molecule has 2 nitrogen and oxygen atoms in total. The summed E-state index contributed by atoms with van der Waals surface area (Å²) in [6.07, 6.45) is 0.905. The Morgan fingerprint density at radius 2 is 2.57 bits per heavy atom. The van der Waals surface area contributed by atoms with Crippen LogP contribution < -0.4 is 0 Å². The zero-order valence-electron chi connectivity index (χ0n) is 3.19. The summed E-state index contributed by atoms with van der Waals surface area (Å²) in [6, 6.07) is -0.759. The van der Waals surface area contributed by atoms with Gasteiger partial charge in [-0.1, -0.05) is 0 Å². The fourth-order valence-electron chi connectivity index (χ4n) is 0.235. The first-order valence-electron chi connectivity index (χ1n) is 1.56. The van der Waals surface area contributed by atoms with Gasteiger partial charge in [0.15, 0.2) is 0 Å². The van der Waals surface area contributed by atoms with Crippen molar-refractivity contribution in [3.8, 4) is 0 Å². The molecule has 0 aromatic carbocycles. The molecule has 0 bridgehead atoms. The van der Waals surface area contributed by atoms with E-state index in [9.17, 15) is 4.39 Å². The van der Waals surface area contributed by atoms with Crippen molar-refractivity contribution < 1.29 is 8.81 Å². The van der Waals surface area contributed by atoms with Crippen LogP contribution in [0.2, 0.25) is 5.35 Å². The molecule has 7 heavy (non-hydrogen) atoms. The quantitative estimate of drug-likeness (QED) is 0.520. The van der Waals surface area contributed by atoms with E-state index in [0.29, 0.717) is 0 Å². The molecule has 0 unspecified atom stereocenters. The van der Waals surface area contributed by atoms with Crippen molar-refractivity contribution in [2.24, 2.45) is 0 Å². The van der Waals surface area contributed by atoms with Crippen LogP contribution in [0.3, 0.4) is 0 Å². The zero-order valence-corrected chi connectivity index (χ0v) is 3.94. The van der Waals surface area contributed by atoms with Crippen LogP contribution in [-0.4, -0.2) is 4.98 Å². The molecule has 0 atom stereocenters. The molecule has 4 heteroatoms. The van der Waals surface area contributed by atoms with Crippen molar-refractivity contribution in [2.45, 2.75) is 0 Å². The zero-order chi connectivity index (χ0) is 5.28. The molecule has 0 saturated carbocycles. The lowest BCUT2D eigenvalue weighted by Gasteiger charge is -1.67. The molecule has 1 rings (SSSR count). The van der Waals surface area contributed by atoms with Gasteiger partial charge in [-0.2, -0.15) is 4.39 Å². The molecule has 0 N–H and O–H groups in total. The van der Waals surface area contributed by atoms with Crippen molar-refractivity contribution in [2.75, 3.05) is 0 Å². The molecule has 0 radical (unpaired) electrons. The van der Waals surface area contributed by atoms with Gasteiger partial charge in [0.25, 0.3) is 11.4 Å². The van der Waals surface area contributed by atoms with Crippen molar-refractivity contribution in [3.05, 3.63) is 17.6 Å². The Kier molecular flexibility index (Phi) is 0.982. The topological polar surface area (TPSA) is 26.0 Å². The smallest absolute Gasteiger partial charge is 0.298 e. The van der Waals surface area contributed by atoms with Crippen LogP contribution in [-0.2, 0) is 0 Å². The lowest BCUT2D eigenvalue weighted by Crippen LogP contribution is -1.51. The summed E-state index contributed by atoms with van der Waals surface area (Å²) in [7, 11) is 0. The molecule has 0 spiro atoms. The summed E-state index contributed by atoms with van der Waals surface area (Å²) in [5, 5.41) is -0.169. The Bertz CT molecular complexity index is 147. The maximum absolute atomic E-state index is 11.6. The SMILES string of the molecule is Fc1cnc(Cl)o1. The molecule has 38 valence electrons. The molecular formula is C3HClFNO. The summed E-state index contributed by atoms with van der Waals surface area (Å²) >= 11 is 5.04. The normalized spacial score (nSPS) is 9.43. The molecule has 1 aromatic heterocycles. The predicted octanol–water partition coefficient (Wildman–Crippen LogP) is 1.47. The first kappa shape index (κ1) is 4.59. The van der Waals surface area contributed by atoms with Gasteiger partial charge in [0.05, 0.1) is 0 Å².